The minimum atomic E-state index is -3.30. The third-order valence-electron chi connectivity index (χ3n) is 3.52. The molecule has 0 heterocycles. The van der Waals surface area contributed by atoms with E-state index >= 15 is 0 Å². The lowest BCUT2D eigenvalue weighted by Crippen LogP contribution is -2.54. The molecule has 1 saturated carbocycles. The van der Waals surface area contributed by atoms with E-state index < -0.39 is 15.6 Å². The van der Waals surface area contributed by atoms with Crippen LogP contribution in [0, 0.1) is 0 Å². The smallest absolute Gasteiger partial charge is 0.214 e. The molecule has 1 aliphatic rings. The maximum absolute atomic E-state index is 12.0. The van der Waals surface area contributed by atoms with Crippen LogP contribution >= 0.6 is 0 Å². The summed E-state index contributed by atoms with van der Waals surface area (Å²) < 4.78 is 31.9. The molecule has 1 aliphatic carbocycles. The molecular formula is C12H26N2O3S. The minimum Gasteiger partial charge on any atom is -0.381 e. The summed E-state index contributed by atoms with van der Waals surface area (Å²) in [6.07, 6.45) is 6.12. The van der Waals surface area contributed by atoms with Gasteiger partial charge in [-0.15, -0.1) is 0 Å². The summed E-state index contributed by atoms with van der Waals surface area (Å²) in [6, 6.07) is 0. The zero-order valence-corrected chi connectivity index (χ0v) is 12.1. The van der Waals surface area contributed by atoms with Gasteiger partial charge >= 0.3 is 0 Å². The lowest BCUT2D eigenvalue weighted by atomic mass is 9.92. The van der Waals surface area contributed by atoms with E-state index in [0.717, 1.165) is 25.7 Å². The maximum Gasteiger partial charge on any atom is 0.214 e. The van der Waals surface area contributed by atoms with E-state index in [0.29, 0.717) is 13.2 Å². The molecule has 0 aromatic carbocycles. The molecule has 0 spiro atoms. The number of hydrogen-bond acceptors (Lipinski definition) is 4. The Morgan fingerprint density at radius 2 is 1.83 bits per heavy atom. The topological polar surface area (TPSA) is 81.4 Å². The van der Waals surface area contributed by atoms with Crippen LogP contribution in [0.2, 0.25) is 0 Å². The molecule has 1 rings (SSSR count). The summed E-state index contributed by atoms with van der Waals surface area (Å²) in [4.78, 5) is 0. The van der Waals surface area contributed by atoms with Crippen LogP contribution in [-0.4, -0.2) is 39.5 Å². The normalized spacial score (nSPS) is 20.6. The Bertz CT molecular complexity index is 322. The number of nitrogens with two attached hydrogens (primary N) is 1. The number of nitrogens with one attached hydrogen (secondary N) is 1. The third-order valence-corrected chi connectivity index (χ3v) is 4.97. The summed E-state index contributed by atoms with van der Waals surface area (Å²) in [5, 5.41) is 0. The van der Waals surface area contributed by atoms with E-state index in [9.17, 15) is 8.42 Å². The van der Waals surface area contributed by atoms with Crippen LogP contribution in [0.4, 0.5) is 0 Å². The molecule has 0 unspecified atom stereocenters. The van der Waals surface area contributed by atoms with Gasteiger partial charge in [0.15, 0.2) is 0 Å². The van der Waals surface area contributed by atoms with Crippen molar-refractivity contribution >= 4 is 10.0 Å². The first kappa shape index (κ1) is 15.9. The van der Waals surface area contributed by atoms with E-state index in [1.165, 1.54) is 12.8 Å². The van der Waals surface area contributed by atoms with Crippen molar-refractivity contribution in [3.05, 3.63) is 0 Å². The molecule has 0 radical (unpaired) electrons. The van der Waals surface area contributed by atoms with Crippen molar-refractivity contribution in [3.8, 4) is 0 Å². The van der Waals surface area contributed by atoms with Crippen molar-refractivity contribution in [1.82, 2.24) is 4.72 Å². The van der Waals surface area contributed by atoms with Crippen molar-refractivity contribution in [2.24, 2.45) is 5.73 Å². The maximum atomic E-state index is 12.0. The van der Waals surface area contributed by atoms with Crippen LogP contribution in [0.5, 0.6) is 0 Å². The summed E-state index contributed by atoms with van der Waals surface area (Å²) in [5.74, 6) is 0.0165. The number of rotatable bonds is 7. The fourth-order valence-corrected chi connectivity index (χ4v) is 3.83. The summed E-state index contributed by atoms with van der Waals surface area (Å²) in [5.41, 5.74) is 5.38. The Labute approximate surface area is 111 Å². The van der Waals surface area contributed by atoms with Gasteiger partial charge in [-0.05, 0) is 19.8 Å². The molecule has 0 aliphatic heterocycles. The molecular weight excluding hydrogens is 252 g/mol. The van der Waals surface area contributed by atoms with Gasteiger partial charge in [0, 0.05) is 18.7 Å². The van der Waals surface area contributed by atoms with Crippen LogP contribution in [0.1, 0.15) is 45.4 Å². The van der Waals surface area contributed by atoms with Crippen molar-refractivity contribution < 1.29 is 13.2 Å². The second kappa shape index (κ2) is 7.43. The molecule has 0 saturated heterocycles. The number of ether oxygens (including phenoxy) is 1. The van der Waals surface area contributed by atoms with Gasteiger partial charge in [-0.3, -0.25) is 0 Å². The third kappa shape index (κ3) is 5.22. The zero-order chi connectivity index (χ0) is 13.5. The first-order valence-electron chi connectivity index (χ1n) is 6.83. The summed E-state index contributed by atoms with van der Waals surface area (Å²) in [7, 11) is -3.30. The minimum absolute atomic E-state index is 0.0165. The van der Waals surface area contributed by atoms with Gasteiger partial charge in [-0.1, -0.05) is 25.7 Å². The van der Waals surface area contributed by atoms with E-state index in [1.807, 2.05) is 6.92 Å². The Kier molecular flexibility index (Phi) is 6.55. The van der Waals surface area contributed by atoms with Crippen molar-refractivity contribution in [3.63, 3.8) is 0 Å². The summed E-state index contributed by atoms with van der Waals surface area (Å²) in [6.45, 7) is 3.01. The van der Waals surface area contributed by atoms with Crippen LogP contribution in [-0.2, 0) is 14.8 Å². The fraction of sp³-hybridized carbons (Fsp3) is 1.00. The number of sulfonamides is 1. The second-order valence-electron chi connectivity index (χ2n) is 5.02. The molecule has 0 bridgehead atoms. The second-order valence-corrected chi connectivity index (χ2v) is 6.86. The van der Waals surface area contributed by atoms with Crippen molar-refractivity contribution in [2.75, 3.05) is 25.5 Å². The van der Waals surface area contributed by atoms with E-state index in [-0.39, 0.29) is 12.4 Å². The molecule has 0 aromatic heterocycles. The van der Waals surface area contributed by atoms with Gasteiger partial charge < -0.3 is 10.5 Å². The van der Waals surface area contributed by atoms with Gasteiger partial charge in [0.2, 0.25) is 10.0 Å². The molecule has 18 heavy (non-hydrogen) atoms. The lowest BCUT2D eigenvalue weighted by Gasteiger charge is -2.32. The Morgan fingerprint density at radius 3 is 2.33 bits per heavy atom. The highest BCUT2D eigenvalue weighted by Gasteiger charge is 2.33. The van der Waals surface area contributed by atoms with Gasteiger partial charge in [0.05, 0.1) is 12.4 Å². The molecule has 0 amide bonds. The van der Waals surface area contributed by atoms with Crippen LogP contribution in [0.15, 0.2) is 0 Å². The van der Waals surface area contributed by atoms with Crippen molar-refractivity contribution in [2.45, 2.75) is 51.0 Å². The Morgan fingerprint density at radius 1 is 1.22 bits per heavy atom. The van der Waals surface area contributed by atoms with Crippen LogP contribution < -0.4 is 10.5 Å². The van der Waals surface area contributed by atoms with Gasteiger partial charge in [-0.2, -0.15) is 0 Å². The molecule has 108 valence electrons. The standard InChI is InChI=1S/C12H26N2O3S/c1-2-17-9-10-18(15,16)14-12(11-13)7-5-3-4-6-8-12/h14H,2-11,13H2,1H3. The van der Waals surface area contributed by atoms with Gasteiger partial charge in [-0.25, -0.2) is 13.1 Å². The van der Waals surface area contributed by atoms with Crippen LogP contribution in [0.3, 0.4) is 0 Å². The predicted molar refractivity (Wildman–Crippen MR) is 72.9 cm³/mol. The molecule has 6 heteroatoms. The summed E-state index contributed by atoms with van der Waals surface area (Å²) >= 11 is 0. The molecule has 0 atom stereocenters. The lowest BCUT2D eigenvalue weighted by molar-refractivity contribution is 0.163. The van der Waals surface area contributed by atoms with Crippen LogP contribution in [0.25, 0.3) is 0 Å². The van der Waals surface area contributed by atoms with Gasteiger partial charge in [0.1, 0.15) is 0 Å². The number of hydrogen-bond donors (Lipinski definition) is 2. The molecule has 5 nitrogen and oxygen atoms in total. The first-order valence-corrected chi connectivity index (χ1v) is 8.48. The Balaban J connectivity index is 2.59. The SMILES string of the molecule is CCOCCS(=O)(=O)NC1(CN)CCCCCC1. The Hall–Kier alpha value is -0.170. The van der Waals surface area contributed by atoms with E-state index in [2.05, 4.69) is 4.72 Å². The van der Waals surface area contributed by atoms with E-state index in [4.69, 9.17) is 10.5 Å². The highest BCUT2D eigenvalue weighted by Crippen LogP contribution is 2.27. The fourth-order valence-electron chi connectivity index (χ4n) is 2.45. The first-order chi connectivity index (χ1) is 8.54. The molecule has 1 fully saturated rings. The zero-order valence-electron chi connectivity index (χ0n) is 11.3. The van der Waals surface area contributed by atoms with Crippen molar-refractivity contribution in [1.29, 1.82) is 0 Å². The van der Waals surface area contributed by atoms with Gasteiger partial charge in [0.25, 0.3) is 0 Å². The predicted octanol–water partition coefficient (Wildman–Crippen LogP) is 0.994. The average molecular weight is 278 g/mol. The average Bonchev–Trinajstić information content (AvgIpc) is 2.55. The molecule has 3 N–H and O–H groups in total. The monoisotopic (exact) mass is 278 g/mol. The highest BCUT2D eigenvalue weighted by atomic mass is 32.2. The molecule has 0 aromatic rings. The highest BCUT2D eigenvalue weighted by molar-refractivity contribution is 7.89. The quantitative estimate of drug-likeness (QED) is 0.537. The largest absolute Gasteiger partial charge is 0.381 e. The van der Waals surface area contributed by atoms with E-state index in [1.54, 1.807) is 0 Å².